The van der Waals surface area contributed by atoms with Gasteiger partial charge in [0.15, 0.2) is 0 Å². The molecule has 1 saturated heterocycles. The Balaban J connectivity index is 0.00000243. The maximum absolute atomic E-state index is 12.5. The molecule has 1 aromatic carbocycles. The number of hydrogen-bond donors (Lipinski definition) is 2. The number of likely N-dealkylation sites (tertiary alicyclic amines) is 1. The number of benzene rings is 1. The molecule has 0 spiro atoms. The van der Waals surface area contributed by atoms with E-state index < -0.39 is 0 Å². The average molecular weight is 378 g/mol. The van der Waals surface area contributed by atoms with Crippen molar-refractivity contribution in [1.82, 2.24) is 10.2 Å². The second kappa shape index (κ2) is 8.27. The third-order valence-electron chi connectivity index (χ3n) is 4.54. The molecule has 0 saturated carbocycles. The van der Waals surface area contributed by atoms with E-state index in [4.69, 9.17) is 10.2 Å². The lowest BCUT2D eigenvalue weighted by Crippen LogP contribution is -2.46. The highest BCUT2D eigenvalue weighted by Crippen LogP contribution is 2.18. The van der Waals surface area contributed by atoms with Crippen LogP contribution >= 0.6 is 12.4 Å². The van der Waals surface area contributed by atoms with Crippen molar-refractivity contribution < 1.29 is 14.0 Å². The topological polar surface area (TPSA) is 88.6 Å². The summed E-state index contributed by atoms with van der Waals surface area (Å²) in [5.41, 5.74) is 7.51. The van der Waals surface area contributed by atoms with E-state index in [9.17, 15) is 9.59 Å². The lowest BCUT2D eigenvalue weighted by Gasteiger charge is -2.32. The Morgan fingerprint density at radius 1 is 1.19 bits per heavy atom. The van der Waals surface area contributed by atoms with E-state index in [-0.39, 0.29) is 30.3 Å². The van der Waals surface area contributed by atoms with Gasteiger partial charge in [-0.25, -0.2) is 0 Å². The molecule has 26 heavy (non-hydrogen) atoms. The van der Waals surface area contributed by atoms with Gasteiger partial charge in [-0.05, 0) is 51.0 Å². The summed E-state index contributed by atoms with van der Waals surface area (Å²) in [4.78, 5) is 26.7. The van der Waals surface area contributed by atoms with E-state index in [1.807, 2.05) is 11.8 Å². The highest BCUT2D eigenvalue weighted by Gasteiger charge is 2.25. The van der Waals surface area contributed by atoms with Crippen LogP contribution in [0, 0.1) is 13.8 Å². The fourth-order valence-corrected chi connectivity index (χ4v) is 3.20. The molecule has 0 bridgehead atoms. The van der Waals surface area contributed by atoms with Gasteiger partial charge in [-0.3, -0.25) is 9.59 Å². The van der Waals surface area contributed by atoms with Crippen LogP contribution in [-0.4, -0.2) is 35.8 Å². The van der Waals surface area contributed by atoms with Gasteiger partial charge in [-0.1, -0.05) is 6.07 Å². The number of nitrogens with zero attached hydrogens (tertiary/aromatic N) is 1. The van der Waals surface area contributed by atoms with E-state index in [1.165, 1.54) is 0 Å². The molecule has 3 N–H and O–H groups in total. The predicted molar refractivity (Wildman–Crippen MR) is 103 cm³/mol. The minimum atomic E-state index is -0.116. The molecule has 6 nitrogen and oxygen atoms in total. The van der Waals surface area contributed by atoms with Crippen molar-refractivity contribution in [3.63, 3.8) is 0 Å². The van der Waals surface area contributed by atoms with Crippen molar-refractivity contribution in [3.8, 4) is 0 Å². The third-order valence-corrected chi connectivity index (χ3v) is 4.54. The lowest BCUT2D eigenvalue weighted by atomic mass is 10.0. The molecule has 2 aromatic rings. The van der Waals surface area contributed by atoms with Crippen LogP contribution in [0.15, 0.2) is 34.7 Å². The van der Waals surface area contributed by atoms with Gasteiger partial charge in [-0.2, -0.15) is 0 Å². The Morgan fingerprint density at radius 2 is 1.88 bits per heavy atom. The second-order valence-corrected chi connectivity index (χ2v) is 6.49. The van der Waals surface area contributed by atoms with Crippen LogP contribution in [0.25, 0.3) is 0 Å². The molecule has 7 heteroatoms. The molecule has 1 aliphatic rings. The van der Waals surface area contributed by atoms with Crippen molar-refractivity contribution in [3.05, 3.63) is 53.0 Å². The van der Waals surface area contributed by atoms with Crippen molar-refractivity contribution >= 4 is 29.9 Å². The summed E-state index contributed by atoms with van der Waals surface area (Å²) in [5, 5.41) is 3.04. The zero-order valence-electron chi connectivity index (χ0n) is 15.0. The zero-order chi connectivity index (χ0) is 18.0. The standard InChI is InChI=1S/C19H23N3O3.ClH/c1-12-10-17(13(2)25-12)18(23)21-16-6-8-22(9-7-16)19(24)14-4-3-5-15(20)11-14;/h3-5,10-11,16H,6-9,20H2,1-2H3,(H,21,23);1H. The number of carbonyl (C=O) groups is 2. The number of hydrogen-bond acceptors (Lipinski definition) is 4. The Kier molecular flexibility index (Phi) is 6.32. The summed E-state index contributed by atoms with van der Waals surface area (Å²) in [7, 11) is 0. The van der Waals surface area contributed by atoms with Gasteiger partial charge < -0.3 is 20.4 Å². The fourth-order valence-electron chi connectivity index (χ4n) is 3.20. The minimum Gasteiger partial charge on any atom is -0.466 e. The molecule has 0 radical (unpaired) electrons. The van der Waals surface area contributed by atoms with E-state index in [0.29, 0.717) is 35.7 Å². The Labute approximate surface area is 159 Å². The van der Waals surface area contributed by atoms with E-state index in [2.05, 4.69) is 5.32 Å². The number of nitrogen functional groups attached to an aromatic ring is 1. The Bertz CT molecular complexity index is 795. The summed E-state index contributed by atoms with van der Waals surface area (Å²) in [6.45, 7) is 4.84. The molecule has 1 fully saturated rings. The first-order chi connectivity index (χ1) is 11.9. The number of halogens is 1. The van der Waals surface area contributed by atoms with Gasteiger partial charge in [0.1, 0.15) is 11.5 Å². The minimum absolute atomic E-state index is 0. The number of nitrogens with one attached hydrogen (secondary N) is 1. The summed E-state index contributed by atoms with van der Waals surface area (Å²) in [6, 6.07) is 8.83. The van der Waals surface area contributed by atoms with E-state index >= 15 is 0 Å². The van der Waals surface area contributed by atoms with Crippen LogP contribution in [-0.2, 0) is 0 Å². The number of anilines is 1. The summed E-state index contributed by atoms with van der Waals surface area (Å²) in [6.07, 6.45) is 1.46. The largest absolute Gasteiger partial charge is 0.466 e. The van der Waals surface area contributed by atoms with Crippen LogP contribution in [0.4, 0.5) is 5.69 Å². The smallest absolute Gasteiger partial charge is 0.255 e. The molecule has 2 heterocycles. The average Bonchev–Trinajstić information content (AvgIpc) is 2.93. The first-order valence-electron chi connectivity index (χ1n) is 8.47. The SMILES string of the molecule is Cc1cc(C(=O)NC2CCN(C(=O)c3cccc(N)c3)CC2)c(C)o1.Cl. The lowest BCUT2D eigenvalue weighted by molar-refractivity contribution is 0.0698. The van der Waals surface area contributed by atoms with Crippen molar-refractivity contribution in [2.75, 3.05) is 18.8 Å². The van der Waals surface area contributed by atoms with Gasteiger partial charge in [0.05, 0.1) is 5.56 Å². The summed E-state index contributed by atoms with van der Waals surface area (Å²) in [5.74, 6) is 1.22. The van der Waals surface area contributed by atoms with Crippen LogP contribution in [0.3, 0.4) is 0 Å². The van der Waals surface area contributed by atoms with Gasteiger partial charge >= 0.3 is 0 Å². The molecular formula is C19H24ClN3O3. The molecule has 3 rings (SSSR count). The molecule has 1 aromatic heterocycles. The highest BCUT2D eigenvalue weighted by atomic mass is 35.5. The van der Waals surface area contributed by atoms with Crippen LogP contribution in [0.1, 0.15) is 45.1 Å². The number of nitrogens with two attached hydrogens (primary N) is 1. The van der Waals surface area contributed by atoms with Crippen LogP contribution < -0.4 is 11.1 Å². The van der Waals surface area contributed by atoms with Gasteiger partial charge in [0.2, 0.25) is 0 Å². The number of rotatable bonds is 3. The second-order valence-electron chi connectivity index (χ2n) is 6.49. The molecule has 0 atom stereocenters. The Hall–Kier alpha value is -2.47. The number of aryl methyl sites for hydroxylation is 2. The van der Waals surface area contributed by atoms with Crippen LogP contribution in [0.5, 0.6) is 0 Å². The van der Waals surface area contributed by atoms with E-state index in [0.717, 1.165) is 18.6 Å². The maximum Gasteiger partial charge on any atom is 0.255 e. The third kappa shape index (κ3) is 4.38. The monoisotopic (exact) mass is 377 g/mol. The molecular weight excluding hydrogens is 354 g/mol. The number of furan rings is 1. The molecule has 0 unspecified atom stereocenters. The molecule has 0 aliphatic carbocycles. The molecule has 2 amide bonds. The van der Waals surface area contributed by atoms with Crippen molar-refractivity contribution in [2.24, 2.45) is 0 Å². The highest BCUT2D eigenvalue weighted by molar-refractivity contribution is 5.96. The summed E-state index contributed by atoms with van der Waals surface area (Å²) >= 11 is 0. The first-order valence-corrected chi connectivity index (χ1v) is 8.47. The zero-order valence-corrected chi connectivity index (χ0v) is 15.8. The predicted octanol–water partition coefficient (Wildman–Crippen LogP) is 2.94. The molecule has 1 aliphatic heterocycles. The number of carbonyl (C=O) groups excluding carboxylic acids is 2. The van der Waals surface area contributed by atoms with E-state index in [1.54, 1.807) is 37.3 Å². The first kappa shape index (κ1) is 19.8. The van der Waals surface area contributed by atoms with Crippen LogP contribution in [0.2, 0.25) is 0 Å². The van der Waals surface area contributed by atoms with Gasteiger partial charge in [-0.15, -0.1) is 12.4 Å². The van der Waals surface area contributed by atoms with Gasteiger partial charge in [0, 0.05) is 30.4 Å². The van der Waals surface area contributed by atoms with Gasteiger partial charge in [0.25, 0.3) is 11.8 Å². The number of amides is 2. The Morgan fingerprint density at radius 3 is 2.46 bits per heavy atom. The summed E-state index contributed by atoms with van der Waals surface area (Å²) < 4.78 is 5.41. The van der Waals surface area contributed by atoms with Crippen molar-refractivity contribution in [2.45, 2.75) is 32.7 Å². The van der Waals surface area contributed by atoms with Crippen molar-refractivity contribution in [1.29, 1.82) is 0 Å². The molecule has 140 valence electrons. The number of piperidine rings is 1. The quantitative estimate of drug-likeness (QED) is 0.805. The fraction of sp³-hybridized carbons (Fsp3) is 0.368. The maximum atomic E-state index is 12.5. The normalized spacial score (nSPS) is 14.6.